The van der Waals surface area contributed by atoms with Crippen LogP contribution in [-0.4, -0.2) is 22.0 Å². The Hall–Kier alpha value is -1.69. The third-order valence-electron chi connectivity index (χ3n) is 1.04. The van der Waals surface area contributed by atoms with E-state index in [1.807, 2.05) is 0 Å². The Kier molecular flexibility index (Phi) is 2.76. The van der Waals surface area contributed by atoms with Crippen LogP contribution in [0.25, 0.3) is 0 Å². The maximum Gasteiger partial charge on any atom is 0.412 e. The van der Waals surface area contributed by atoms with E-state index < -0.39 is 12.1 Å². The van der Waals surface area contributed by atoms with Gasteiger partial charge >= 0.3 is 12.1 Å². The predicted octanol–water partition coefficient (Wildman–Crippen LogP) is 0.366. The molecule has 68 valence electrons. The third-order valence-corrected chi connectivity index (χ3v) is 1.32. The number of hydrogen-bond donors (Lipinski definition) is 1. The van der Waals surface area contributed by atoms with Crippen LogP contribution in [0.1, 0.15) is 10.5 Å². The van der Waals surface area contributed by atoms with Crippen molar-refractivity contribution >= 4 is 23.7 Å². The number of hydrogen-bond acceptors (Lipinski definition) is 5. The second-order valence-electron chi connectivity index (χ2n) is 1.90. The Morgan fingerprint density at radius 2 is 2.00 bits per heavy atom. The second kappa shape index (κ2) is 3.81. The van der Waals surface area contributed by atoms with Crippen molar-refractivity contribution in [2.24, 2.45) is 5.73 Å². The maximum absolute atomic E-state index is 11.0. The minimum absolute atomic E-state index is 0.145. The van der Waals surface area contributed by atoms with Gasteiger partial charge in [-0.2, -0.15) is 0 Å². The van der Waals surface area contributed by atoms with Gasteiger partial charge in [0.05, 0.1) is 0 Å². The number of carbonyl (C=O) groups is 2. The fourth-order valence-corrected chi connectivity index (χ4v) is 0.780. The Balaban J connectivity index is 2.89. The van der Waals surface area contributed by atoms with Gasteiger partial charge in [0.25, 0.3) is 0 Å². The highest BCUT2D eigenvalue weighted by Crippen LogP contribution is 2.09. The molecule has 6 nitrogen and oxygen atoms in total. The van der Waals surface area contributed by atoms with Gasteiger partial charge < -0.3 is 10.5 Å². The highest BCUT2D eigenvalue weighted by atomic mass is 35.5. The molecule has 1 rings (SSSR count). The molecular weight excluding hydrogens is 198 g/mol. The summed E-state index contributed by atoms with van der Waals surface area (Å²) in [4.78, 5) is 28.3. The van der Waals surface area contributed by atoms with Gasteiger partial charge in [0.15, 0.2) is 10.8 Å². The molecule has 0 spiro atoms. The molecule has 7 heteroatoms. The number of carbonyl (C=O) groups excluding carboxylic acids is 2. The van der Waals surface area contributed by atoms with Gasteiger partial charge in [-0.15, -0.1) is 0 Å². The van der Waals surface area contributed by atoms with Crippen LogP contribution in [-0.2, 0) is 4.74 Å². The maximum atomic E-state index is 11.0. The number of ether oxygens (including phenoxy) is 1. The molecule has 0 bridgehead atoms. The van der Waals surface area contributed by atoms with Gasteiger partial charge in [-0.3, -0.25) is 0 Å². The Bertz CT molecular complexity index is 355. The molecule has 13 heavy (non-hydrogen) atoms. The number of amides is 1. The molecule has 1 amide bonds. The van der Waals surface area contributed by atoms with E-state index in [1.165, 1.54) is 12.4 Å². The topological polar surface area (TPSA) is 95.2 Å². The first kappa shape index (κ1) is 9.40. The average molecular weight is 202 g/mol. The first-order chi connectivity index (χ1) is 6.11. The quantitative estimate of drug-likeness (QED) is 0.523. The molecule has 0 saturated heterocycles. The zero-order valence-corrected chi connectivity index (χ0v) is 6.99. The fraction of sp³-hybridized carbons (Fsp3) is 0. The molecular formula is C6H4ClN3O3. The summed E-state index contributed by atoms with van der Waals surface area (Å²) in [5.74, 6) is -1.02. The van der Waals surface area contributed by atoms with E-state index in [0.29, 0.717) is 0 Å². The minimum atomic E-state index is -1.22. The number of rotatable bonds is 1. The SMILES string of the molecule is NC(=O)OC(=O)c1nccnc1Cl. The van der Waals surface area contributed by atoms with Crippen molar-refractivity contribution in [2.75, 3.05) is 0 Å². The van der Waals surface area contributed by atoms with Crippen molar-refractivity contribution in [3.63, 3.8) is 0 Å². The number of nitrogens with zero attached hydrogens (tertiary/aromatic N) is 2. The predicted molar refractivity (Wildman–Crippen MR) is 42.0 cm³/mol. The lowest BCUT2D eigenvalue weighted by Gasteiger charge is -1.98. The van der Waals surface area contributed by atoms with Crippen molar-refractivity contribution in [3.05, 3.63) is 23.2 Å². The summed E-state index contributed by atoms with van der Waals surface area (Å²) in [5.41, 5.74) is 4.36. The van der Waals surface area contributed by atoms with Crippen LogP contribution >= 0.6 is 11.6 Å². The molecule has 0 aromatic carbocycles. The van der Waals surface area contributed by atoms with Crippen LogP contribution in [0.15, 0.2) is 12.4 Å². The van der Waals surface area contributed by atoms with Gasteiger partial charge in [0, 0.05) is 12.4 Å². The molecule has 0 radical (unpaired) electrons. The van der Waals surface area contributed by atoms with Crippen LogP contribution in [0.3, 0.4) is 0 Å². The molecule has 2 N–H and O–H groups in total. The number of aromatic nitrogens is 2. The normalized spacial score (nSPS) is 9.31. The Labute approximate surface area is 77.7 Å². The number of esters is 1. The summed E-state index contributed by atoms with van der Waals surface area (Å²) in [5, 5.41) is -0.145. The number of nitrogens with two attached hydrogens (primary N) is 1. The van der Waals surface area contributed by atoms with Gasteiger partial charge in [-0.1, -0.05) is 11.6 Å². The zero-order valence-electron chi connectivity index (χ0n) is 6.23. The largest absolute Gasteiger partial charge is 0.412 e. The lowest BCUT2D eigenvalue weighted by molar-refractivity contribution is 0.0632. The highest BCUT2D eigenvalue weighted by molar-refractivity contribution is 6.32. The van der Waals surface area contributed by atoms with Crippen LogP contribution in [0.2, 0.25) is 5.15 Å². The summed E-state index contributed by atoms with van der Waals surface area (Å²) < 4.78 is 4.03. The van der Waals surface area contributed by atoms with E-state index in [2.05, 4.69) is 20.4 Å². The Morgan fingerprint density at radius 3 is 2.54 bits per heavy atom. The van der Waals surface area contributed by atoms with Gasteiger partial charge in [0.2, 0.25) is 0 Å². The highest BCUT2D eigenvalue weighted by Gasteiger charge is 2.16. The molecule has 0 fully saturated rings. The van der Waals surface area contributed by atoms with Crippen LogP contribution in [0, 0.1) is 0 Å². The molecule has 0 unspecified atom stereocenters. The average Bonchev–Trinajstić information content (AvgIpc) is 2.03. The monoisotopic (exact) mass is 201 g/mol. The van der Waals surface area contributed by atoms with Gasteiger partial charge in [-0.05, 0) is 0 Å². The lowest BCUT2D eigenvalue weighted by Crippen LogP contribution is -2.19. The van der Waals surface area contributed by atoms with Crippen molar-refractivity contribution in [2.45, 2.75) is 0 Å². The number of halogens is 1. The molecule has 1 aromatic rings. The molecule has 0 aliphatic heterocycles. The van der Waals surface area contributed by atoms with Crippen LogP contribution in [0.5, 0.6) is 0 Å². The Morgan fingerprint density at radius 1 is 1.38 bits per heavy atom. The molecule has 1 aromatic heterocycles. The molecule has 0 aliphatic rings. The smallest absolute Gasteiger partial charge is 0.371 e. The standard InChI is InChI=1S/C6H4ClN3O3/c7-4-3(9-1-2-10-4)5(11)13-6(8)12/h1-2H,(H2,8,12). The van der Waals surface area contributed by atoms with Crippen molar-refractivity contribution in [1.82, 2.24) is 9.97 Å². The van der Waals surface area contributed by atoms with Crippen molar-refractivity contribution in [1.29, 1.82) is 0 Å². The molecule has 1 heterocycles. The second-order valence-corrected chi connectivity index (χ2v) is 2.26. The first-order valence-electron chi connectivity index (χ1n) is 3.09. The molecule has 0 atom stereocenters. The lowest BCUT2D eigenvalue weighted by atomic mass is 10.4. The molecule has 0 aliphatic carbocycles. The van der Waals surface area contributed by atoms with Crippen LogP contribution in [0.4, 0.5) is 4.79 Å². The summed E-state index contributed by atoms with van der Waals surface area (Å²) in [6, 6.07) is 0. The fourth-order valence-electron chi connectivity index (χ4n) is 0.598. The minimum Gasteiger partial charge on any atom is -0.371 e. The summed E-state index contributed by atoms with van der Waals surface area (Å²) in [6.07, 6.45) is 1.32. The van der Waals surface area contributed by atoms with E-state index in [0.717, 1.165) is 0 Å². The summed E-state index contributed by atoms with van der Waals surface area (Å²) in [7, 11) is 0. The van der Waals surface area contributed by atoms with Crippen LogP contribution < -0.4 is 5.73 Å². The molecule has 0 saturated carbocycles. The zero-order chi connectivity index (χ0) is 9.84. The van der Waals surface area contributed by atoms with Gasteiger partial charge in [0.1, 0.15) is 0 Å². The van der Waals surface area contributed by atoms with E-state index in [1.54, 1.807) is 0 Å². The summed E-state index contributed by atoms with van der Waals surface area (Å²) >= 11 is 5.48. The summed E-state index contributed by atoms with van der Waals surface area (Å²) in [6.45, 7) is 0. The van der Waals surface area contributed by atoms with Gasteiger partial charge in [-0.25, -0.2) is 19.6 Å². The van der Waals surface area contributed by atoms with Crippen molar-refractivity contribution < 1.29 is 14.3 Å². The van der Waals surface area contributed by atoms with E-state index in [9.17, 15) is 9.59 Å². The van der Waals surface area contributed by atoms with E-state index in [4.69, 9.17) is 11.6 Å². The first-order valence-corrected chi connectivity index (χ1v) is 3.47. The van der Waals surface area contributed by atoms with E-state index in [-0.39, 0.29) is 10.8 Å². The number of primary amides is 1. The third kappa shape index (κ3) is 2.38. The van der Waals surface area contributed by atoms with E-state index >= 15 is 0 Å². The van der Waals surface area contributed by atoms with Crippen molar-refractivity contribution in [3.8, 4) is 0 Å².